The summed E-state index contributed by atoms with van der Waals surface area (Å²) in [6, 6.07) is 16.9. The minimum atomic E-state index is -0.121. The van der Waals surface area contributed by atoms with Crippen LogP contribution in [0.5, 0.6) is 0 Å². The van der Waals surface area contributed by atoms with Crippen LogP contribution in [0.1, 0.15) is 22.5 Å². The first-order valence-corrected chi connectivity index (χ1v) is 9.78. The van der Waals surface area contributed by atoms with Crippen LogP contribution in [0.15, 0.2) is 59.0 Å². The second-order valence-corrected chi connectivity index (χ2v) is 7.38. The van der Waals surface area contributed by atoms with Gasteiger partial charge < -0.3 is 14.2 Å². The van der Waals surface area contributed by atoms with Gasteiger partial charge in [-0.2, -0.15) is 0 Å². The van der Waals surface area contributed by atoms with Gasteiger partial charge in [-0.15, -0.1) is 0 Å². The van der Waals surface area contributed by atoms with Crippen molar-refractivity contribution in [2.45, 2.75) is 12.8 Å². The summed E-state index contributed by atoms with van der Waals surface area (Å²) < 4.78 is 5.67. The van der Waals surface area contributed by atoms with E-state index in [4.69, 9.17) is 16.0 Å². The lowest BCUT2D eigenvalue weighted by Crippen LogP contribution is -2.50. The van der Waals surface area contributed by atoms with E-state index in [0.29, 0.717) is 55.4 Å². The van der Waals surface area contributed by atoms with Gasteiger partial charge in [0.25, 0.3) is 5.91 Å². The molecule has 2 heterocycles. The number of carbonyl (C=O) groups excluding carboxylic acids is 2. The number of fused-ring (bicyclic) bond motifs is 1. The van der Waals surface area contributed by atoms with Crippen LogP contribution in [-0.4, -0.2) is 47.8 Å². The maximum absolute atomic E-state index is 12.7. The van der Waals surface area contributed by atoms with Gasteiger partial charge in [0.2, 0.25) is 5.91 Å². The first-order chi connectivity index (χ1) is 13.6. The number of benzene rings is 2. The lowest BCUT2D eigenvalue weighted by atomic mass is 10.1. The third kappa shape index (κ3) is 4.04. The number of nitrogens with zero attached hydrogens (tertiary/aromatic N) is 2. The van der Waals surface area contributed by atoms with E-state index < -0.39 is 0 Å². The number of hydrogen-bond donors (Lipinski definition) is 0. The Morgan fingerprint density at radius 1 is 0.929 bits per heavy atom. The minimum Gasteiger partial charge on any atom is -0.451 e. The first kappa shape index (κ1) is 18.6. The minimum absolute atomic E-state index is 0.116. The second kappa shape index (κ2) is 8.07. The Hall–Kier alpha value is -2.79. The number of para-hydroxylation sites is 1. The second-order valence-electron chi connectivity index (χ2n) is 6.95. The highest BCUT2D eigenvalue weighted by atomic mass is 35.5. The average molecular weight is 397 g/mol. The number of amides is 2. The Kier molecular flexibility index (Phi) is 5.35. The molecule has 1 saturated heterocycles. The molecule has 6 heteroatoms. The number of halogens is 1. The zero-order chi connectivity index (χ0) is 19.5. The molecule has 2 amide bonds. The van der Waals surface area contributed by atoms with E-state index in [1.54, 1.807) is 11.0 Å². The van der Waals surface area contributed by atoms with Crippen LogP contribution in [0, 0.1) is 0 Å². The third-order valence-electron chi connectivity index (χ3n) is 5.10. The Morgan fingerprint density at radius 2 is 1.61 bits per heavy atom. The summed E-state index contributed by atoms with van der Waals surface area (Å²) in [5.41, 5.74) is 1.80. The molecule has 0 spiro atoms. The van der Waals surface area contributed by atoms with E-state index in [1.807, 2.05) is 53.4 Å². The van der Waals surface area contributed by atoms with Crippen LogP contribution in [0.2, 0.25) is 5.02 Å². The van der Waals surface area contributed by atoms with Gasteiger partial charge in [0.05, 0.1) is 0 Å². The molecule has 0 radical (unpaired) electrons. The Bertz CT molecular complexity index is 955. The molecule has 0 atom stereocenters. The topological polar surface area (TPSA) is 53.8 Å². The maximum atomic E-state index is 12.7. The fourth-order valence-corrected chi connectivity index (χ4v) is 3.59. The summed E-state index contributed by atoms with van der Waals surface area (Å²) >= 11 is 5.89. The highest BCUT2D eigenvalue weighted by Crippen LogP contribution is 2.21. The van der Waals surface area contributed by atoms with Crippen molar-refractivity contribution in [3.05, 3.63) is 70.9 Å². The molecule has 144 valence electrons. The number of piperazine rings is 1. The summed E-state index contributed by atoms with van der Waals surface area (Å²) in [5.74, 6) is 0.346. The van der Waals surface area contributed by atoms with Gasteiger partial charge in [0, 0.05) is 43.0 Å². The summed E-state index contributed by atoms with van der Waals surface area (Å²) in [4.78, 5) is 28.8. The van der Waals surface area contributed by atoms with Crippen LogP contribution in [0.25, 0.3) is 11.0 Å². The quantitative estimate of drug-likeness (QED) is 0.669. The fraction of sp³-hybridized carbons (Fsp3) is 0.273. The van der Waals surface area contributed by atoms with Gasteiger partial charge in [-0.3, -0.25) is 9.59 Å². The third-order valence-corrected chi connectivity index (χ3v) is 5.35. The molecule has 0 unspecified atom stereocenters. The summed E-state index contributed by atoms with van der Waals surface area (Å²) in [6.45, 7) is 2.13. The van der Waals surface area contributed by atoms with E-state index in [9.17, 15) is 9.59 Å². The number of aryl methyl sites for hydroxylation is 1. The fourth-order valence-electron chi connectivity index (χ4n) is 3.46. The van der Waals surface area contributed by atoms with E-state index in [-0.39, 0.29) is 11.8 Å². The molecule has 0 saturated carbocycles. The van der Waals surface area contributed by atoms with Gasteiger partial charge in [0.15, 0.2) is 5.76 Å². The van der Waals surface area contributed by atoms with Gasteiger partial charge in [-0.05, 0) is 36.2 Å². The molecule has 5 nitrogen and oxygen atoms in total. The highest BCUT2D eigenvalue weighted by molar-refractivity contribution is 6.30. The number of rotatable bonds is 4. The number of carbonyl (C=O) groups is 2. The Morgan fingerprint density at radius 3 is 2.32 bits per heavy atom. The standard InChI is InChI=1S/C22H21ClN2O3/c23-18-8-5-16(6-9-18)7-10-21(26)24-11-13-25(14-12-24)22(27)20-15-17-3-1-2-4-19(17)28-20/h1-6,8-9,15H,7,10-14H2. The Balaban J connectivity index is 1.30. The van der Waals surface area contributed by atoms with Gasteiger partial charge in [-0.1, -0.05) is 41.9 Å². The smallest absolute Gasteiger partial charge is 0.289 e. The van der Waals surface area contributed by atoms with Crippen molar-refractivity contribution in [1.29, 1.82) is 0 Å². The van der Waals surface area contributed by atoms with Crippen molar-refractivity contribution in [3.8, 4) is 0 Å². The van der Waals surface area contributed by atoms with E-state index >= 15 is 0 Å². The molecular weight excluding hydrogens is 376 g/mol. The van der Waals surface area contributed by atoms with Crippen LogP contribution in [0.4, 0.5) is 0 Å². The van der Waals surface area contributed by atoms with Crippen molar-refractivity contribution in [3.63, 3.8) is 0 Å². The lowest BCUT2D eigenvalue weighted by Gasteiger charge is -2.34. The van der Waals surface area contributed by atoms with Crippen molar-refractivity contribution in [2.24, 2.45) is 0 Å². The lowest BCUT2D eigenvalue weighted by molar-refractivity contribution is -0.132. The molecule has 2 aromatic carbocycles. The number of furan rings is 1. The zero-order valence-electron chi connectivity index (χ0n) is 15.4. The monoisotopic (exact) mass is 396 g/mol. The summed E-state index contributed by atoms with van der Waals surface area (Å²) in [5, 5.41) is 1.61. The van der Waals surface area contributed by atoms with Crippen molar-refractivity contribution in [2.75, 3.05) is 26.2 Å². The van der Waals surface area contributed by atoms with Crippen molar-refractivity contribution < 1.29 is 14.0 Å². The molecule has 1 aliphatic rings. The van der Waals surface area contributed by atoms with Gasteiger partial charge in [0.1, 0.15) is 5.58 Å². The summed E-state index contributed by atoms with van der Waals surface area (Å²) in [7, 11) is 0. The van der Waals surface area contributed by atoms with Crippen molar-refractivity contribution in [1.82, 2.24) is 9.80 Å². The molecule has 0 aliphatic carbocycles. The molecule has 1 fully saturated rings. The SMILES string of the molecule is O=C(CCc1ccc(Cl)cc1)N1CCN(C(=O)c2cc3ccccc3o2)CC1. The normalized spacial score (nSPS) is 14.5. The van der Waals surface area contributed by atoms with Crippen LogP contribution < -0.4 is 0 Å². The number of hydrogen-bond acceptors (Lipinski definition) is 3. The van der Waals surface area contributed by atoms with E-state index in [0.717, 1.165) is 10.9 Å². The first-order valence-electron chi connectivity index (χ1n) is 9.40. The molecule has 3 aromatic rings. The summed E-state index contributed by atoms with van der Waals surface area (Å²) in [6.07, 6.45) is 1.15. The molecule has 28 heavy (non-hydrogen) atoms. The molecular formula is C22H21ClN2O3. The van der Waals surface area contributed by atoms with Crippen LogP contribution in [-0.2, 0) is 11.2 Å². The molecule has 0 bridgehead atoms. The van der Waals surface area contributed by atoms with Crippen molar-refractivity contribution >= 4 is 34.4 Å². The molecule has 1 aromatic heterocycles. The predicted molar refractivity (Wildman–Crippen MR) is 108 cm³/mol. The van der Waals surface area contributed by atoms with Gasteiger partial charge in [-0.25, -0.2) is 0 Å². The maximum Gasteiger partial charge on any atom is 0.289 e. The van der Waals surface area contributed by atoms with E-state index in [2.05, 4.69) is 0 Å². The highest BCUT2D eigenvalue weighted by Gasteiger charge is 2.26. The average Bonchev–Trinajstić information content (AvgIpc) is 3.17. The molecule has 1 aliphatic heterocycles. The molecule has 4 rings (SSSR count). The van der Waals surface area contributed by atoms with Gasteiger partial charge >= 0.3 is 0 Å². The zero-order valence-corrected chi connectivity index (χ0v) is 16.2. The largest absolute Gasteiger partial charge is 0.451 e. The predicted octanol–water partition coefficient (Wildman–Crippen LogP) is 4.00. The molecule has 0 N–H and O–H groups in total. The van der Waals surface area contributed by atoms with Crippen LogP contribution in [0.3, 0.4) is 0 Å². The Labute approximate surface area is 168 Å². The van der Waals surface area contributed by atoms with Crippen LogP contribution >= 0.6 is 11.6 Å². The van der Waals surface area contributed by atoms with E-state index in [1.165, 1.54) is 0 Å².